The topological polar surface area (TPSA) is 36.1 Å². The van der Waals surface area contributed by atoms with Crippen LogP contribution in [0.3, 0.4) is 0 Å². The van der Waals surface area contributed by atoms with E-state index in [-0.39, 0.29) is 5.43 Å². The minimum absolute atomic E-state index is 0.114. The molecule has 0 amide bonds. The molecule has 0 radical (unpaired) electrons. The van der Waals surface area contributed by atoms with Crippen molar-refractivity contribution in [2.45, 2.75) is 20.4 Å². The molecule has 1 N–H and O–H groups in total. The number of pyridine rings is 1. The predicted octanol–water partition coefficient (Wildman–Crippen LogP) is 3.32. The maximum absolute atomic E-state index is 12.7. The Kier molecular flexibility index (Phi) is 4.76. The lowest BCUT2D eigenvalue weighted by molar-refractivity contribution is 0.326. The lowest BCUT2D eigenvalue weighted by Gasteiger charge is -2.20. The minimum Gasteiger partial charge on any atom is -0.358 e. The van der Waals surface area contributed by atoms with E-state index in [0.29, 0.717) is 6.54 Å². The van der Waals surface area contributed by atoms with Gasteiger partial charge in [-0.15, -0.1) is 13.2 Å². The van der Waals surface area contributed by atoms with Crippen LogP contribution >= 0.6 is 0 Å². The number of benzene rings is 1. The van der Waals surface area contributed by atoms with E-state index < -0.39 is 0 Å². The van der Waals surface area contributed by atoms with Gasteiger partial charge in [0.25, 0.3) is 0 Å². The lowest BCUT2D eigenvalue weighted by Crippen LogP contribution is -2.28. The molecule has 2 rings (SSSR count). The van der Waals surface area contributed by atoms with Crippen molar-refractivity contribution < 1.29 is 0 Å². The Bertz CT molecular complexity index is 718. The molecule has 0 aliphatic rings. The van der Waals surface area contributed by atoms with E-state index in [1.807, 2.05) is 44.2 Å². The Labute approximate surface area is 125 Å². The summed E-state index contributed by atoms with van der Waals surface area (Å²) in [6.45, 7) is 13.6. The molecule has 0 bridgehead atoms. The third kappa shape index (κ3) is 3.14. The molecule has 0 spiro atoms. The number of H-pyrrole nitrogens is 1. The number of hydrogen-bond acceptors (Lipinski definition) is 2. The number of aromatic amines is 1. The van der Waals surface area contributed by atoms with Crippen molar-refractivity contribution in [3.8, 4) is 0 Å². The number of rotatable bonds is 6. The Balaban J connectivity index is 2.51. The maximum atomic E-state index is 12.7. The smallest absolute Gasteiger partial charge is 0.194 e. The number of aryl methyl sites for hydroxylation is 2. The van der Waals surface area contributed by atoms with Crippen molar-refractivity contribution in [2.75, 3.05) is 13.1 Å². The van der Waals surface area contributed by atoms with Gasteiger partial charge in [-0.05, 0) is 25.5 Å². The van der Waals surface area contributed by atoms with Crippen molar-refractivity contribution in [3.05, 3.63) is 70.6 Å². The van der Waals surface area contributed by atoms with E-state index in [1.165, 1.54) is 0 Å². The average molecular weight is 282 g/mol. The molecule has 0 aliphatic heterocycles. The highest BCUT2D eigenvalue weighted by Crippen LogP contribution is 2.16. The van der Waals surface area contributed by atoms with Crippen LogP contribution in [0.2, 0.25) is 0 Å². The molecular formula is C18H22N2O. The van der Waals surface area contributed by atoms with Gasteiger partial charge >= 0.3 is 0 Å². The molecule has 0 unspecified atom stereocenters. The molecule has 1 aromatic carbocycles. The van der Waals surface area contributed by atoms with Gasteiger partial charge in [-0.3, -0.25) is 9.69 Å². The first kappa shape index (κ1) is 15.3. The maximum Gasteiger partial charge on any atom is 0.194 e. The fraction of sp³-hybridized carbons (Fsp3) is 0.278. The van der Waals surface area contributed by atoms with Crippen molar-refractivity contribution in [1.82, 2.24) is 9.88 Å². The SMILES string of the molecule is C=CCN(CC=C)Cc1c(C)[nH]c2c(C)cccc2c1=O. The summed E-state index contributed by atoms with van der Waals surface area (Å²) < 4.78 is 0. The van der Waals surface area contributed by atoms with Gasteiger partial charge in [0.05, 0.1) is 5.52 Å². The fourth-order valence-corrected chi connectivity index (χ4v) is 2.60. The van der Waals surface area contributed by atoms with E-state index in [0.717, 1.165) is 40.8 Å². The lowest BCUT2D eigenvalue weighted by atomic mass is 10.1. The molecule has 21 heavy (non-hydrogen) atoms. The zero-order valence-corrected chi connectivity index (χ0v) is 12.8. The monoisotopic (exact) mass is 282 g/mol. The molecule has 0 saturated heterocycles. The highest BCUT2D eigenvalue weighted by Gasteiger charge is 2.13. The average Bonchev–Trinajstić information content (AvgIpc) is 2.45. The van der Waals surface area contributed by atoms with Crippen LogP contribution in [0.15, 0.2) is 48.3 Å². The summed E-state index contributed by atoms with van der Waals surface area (Å²) in [5.74, 6) is 0. The second-order valence-electron chi connectivity index (χ2n) is 5.33. The Morgan fingerprint density at radius 1 is 1.19 bits per heavy atom. The van der Waals surface area contributed by atoms with E-state index in [1.54, 1.807) is 0 Å². The van der Waals surface area contributed by atoms with Crippen molar-refractivity contribution in [2.24, 2.45) is 0 Å². The third-order valence-electron chi connectivity index (χ3n) is 3.71. The van der Waals surface area contributed by atoms with Crippen molar-refractivity contribution >= 4 is 10.9 Å². The Morgan fingerprint density at radius 2 is 1.86 bits per heavy atom. The number of hydrogen-bond donors (Lipinski definition) is 1. The standard InChI is InChI=1S/C18H22N2O/c1-5-10-20(11-6-2)12-16-14(4)19-17-13(3)8-7-9-15(17)18(16)21/h5-9H,1-2,10-12H2,3-4H3,(H,19,21). The molecular weight excluding hydrogens is 260 g/mol. The summed E-state index contributed by atoms with van der Waals surface area (Å²) in [5, 5.41) is 0.757. The largest absolute Gasteiger partial charge is 0.358 e. The summed E-state index contributed by atoms with van der Waals surface area (Å²) in [7, 11) is 0. The van der Waals surface area contributed by atoms with Crippen LogP contribution in [0.5, 0.6) is 0 Å². The van der Waals surface area contributed by atoms with Crippen LogP contribution in [0, 0.1) is 13.8 Å². The summed E-state index contributed by atoms with van der Waals surface area (Å²) in [6.07, 6.45) is 3.69. The van der Waals surface area contributed by atoms with E-state index >= 15 is 0 Å². The number of nitrogens with zero attached hydrogens (tertiary/aromatic N) is 1. The molecule has 0 atom stereocenters. The van der Waals surface area contributed by atoms with Gasteiger partial charge in [-0.1, -0.05) is 24.3 Å². The zero-order chi connectivity index (χ0) is 15.4. The highest BCUT2D eigenvalue weighted by molar-refractivity contribution is 5.82. The van der Waals surface area contributed by atoms with Crippen LogP contribution in [-0.4, -0.2) is 23.0 Å². The predicted molar refractivity (Wildman–Crippen MR) is 89.7 cm³/mol. The number of nitrogens with one attached hydrogen (secondary N) is 1. The van der Waals surface area contributed by atoms with E-state index in [2.05, 4.69) is 23.0 Å². The molecule has 3 heteroatoms. The molecule has 0 saturated carbocycles. The number of para-hydroxylation sites is 1. The normalized spacial score (nSPS) is 11.0. The summed E-state index contributed by atoms with van der Waals surface area (Å²) in [6, 6.07) is 5.83. The first-order chi connectivity index (χ1) is 10.1. The molecule has 3 nitrogen and oxygen atoms in total. The first-order valence-electron chi connectivity index (χ1n) is 7.13. The second-order valence-corrected chi connectivity index (χ2v) is 5.33. The molecule has 0 aliphatic carbocycles. The first-order valence-corrected chi connectivity index (χ1v) is 7.13. The van der Waals surface area contributed by atoms with Gasteiger partial charge in [0.2, 0.25) is 0 Å². The second kappa shape index (κ2) is 6.55. The molecule has 2 aromatic rings. The summed E-state index contributed by atoms with van der Waals surface area (Å²) in [5.41, 5.74) is 3.89. The number of fused-ring (bicyclic) bond motifs is 1. The fourth-order valence-electron chi connectivity index (χ4n) is 2.60. The number of aromatic nitrogens is 1. The highest BCUT2D eigenvalue weighted by atomic mass is 16.1. The molecule has 1 aromatic heterocycles. The van der Waals surface area contributed by atoms with Gasteiger partial charge in [0, 0.05) is 36.3 Å². The summed E-state index contributed by atoms with van der Waals surface area (Å²) in [4.78, 5) is 18.3. The van der Waals surface area contributed by atoms with Crippen LogP contribution in [0.1, 0.15) is 16.8 Å². The summed E-state index contributed by atoms with van der Waals surface area (Å²) >= 11 is 0. The minimum atomic E-state index is 0.114. The van der Waals surface area contributed by atoms with Gasteiger partial charge in [-0.2, -0.15) is 0 Å². The quantitative estimate of drug-likeness (QED) is 0.825. The Morgan fingerprint density at radius 3 is 2.48 bits per heavy atom. The van der Waals surface area contributed by atoms with Crippen molar-refractivity contribution in [3.63, 3.8) is 0 Å². The molecule has 0 fully saturated rings. The van der Waals surface area contributed by atoms with Crippen molar-refractivity contribution in [1.29, 1.82) is 0 Å². The third-order valence-corrected chi connectivity index (χ3v) is 3.71. The van der Waals surface area contributed by atoms with Crippen LogP contribution in [0.25, 0.3) is 10.9 Å². The van der Waals surface area contributed by atoms with Gasteiger partial charge < -0.3 is 4.98 Å². The zero-order valence-electron chi connectivity index (χ0n) is 12.8. The van der Waals surface area contributed by atoms with E-state index in [9.17, 15) is 4.79 Å². The van der Waals surface area contributed by atoms with Gasteiger partial charge in [0.1, 0.15) is 0 Å². The van der Waals surface area contributed by atoms with E-state index in [4.69, 9.17) is 0 Å². The van der Waals surface area contributed by atoms with Gasteiger partial charge in [-0.25, -0.2) is 0 Å². The Hall–Kier alpha value is -2.13. The van der Waals surface area contributed by atoms with Crippen LogP contribution in [-0.2, 0) is 6.54 Å². The van der Waals surface area contributed by atoms with Crippen LogP contribution < -0.4 is 5.43 Å². The van der Waals surface area contributed by atoms with Gasteiger partial charge in [0.15, 0.2) is 5.43 Å². The molecule has 1 heterocycles. The molecule has 110 valence electrons. The van der Waals surface area contributed by atoms with Crippen LogP contribution in [0.4, 0.5) is 0 Å².